The first-order valence-corrected chi connectivity index (χ1v) is 22.3. The topological polar surface area (TPSA) is 35.5 Å². The van der Waals surface area contributed by atoms with Crippen LogP contribution in [0.25, 0.3) is 11.1 Å². The molecule has 4 heteroatoms. The monoisotopic (exact) mass is 576 g/mol. The molecule has 0 atom stereocenters. The molecule has 0 aromatic heterocycles. The van der Waals surface area contributed by atoms with Gasteiger partial charge in [0.05, 0.1) is 6.61 Å². The summed E-state index contributed by atoms with van der Waals surface area (Å²) in [6, 6.07) is 23.7. The number of aryl methyl sites for hydroxylation is 1. The van der Waals surface area contributed by atoms with Crippen LogP contribution in [0, 0.1) is 0 Å². The Labute approximate surface area is 233 Å². The Morgan fingerprint density at radius 2 is 1.18 bits per heavy atom. The molecule has 0 unspecified atom stereocenters. The molecule has 3 aromatic carbocycles. The second kappa shape index (κ2) is 15.8. The summed E-state index contributed by atoms with van der Waals surface area (Å²) in [7, 11) is 0. The van der Waals surface area contributed by atoms with Gasteiger partial charge in [0.25, 0.3) is 0 Å². The van der Waals surface area contributed by atoms with E-state index in [-0.39, 0.29) is 5.97 Å². The average Bonchev–Trinajstić information content (AvgIpc) is 2.92. The SMILES string of the molecule is CCCCCCCCCCOc1ccc(-c2ccc(C(=O)Oc3ccc(C[CH2][Ge]([CH3])([CH3])[CH3])cc3)cc2)cc1. The number of hydrogen-bond acceptors (Lipinski definition) is 3. The first-order chi connectivity index (χ1) is 18.3. The molecule has 3 rings (SSSR count). The predicted octanol–water partition coefficient (Wildman–Crippen LogP) is 9.97. The number of benzene rings is 3. The van der Waals surface area contributed by atoms with E-state index in [1.807, 2.05) is 48.5 Å². The molecule has 0 amide bonds. The summed E-state index contributed by atoms with van der Waals surface area (Å²) >= 11 is -1.54. The Balaban J connectivity index is 1.42. The Morgan fingerprint density at radius 3 is 1.76 bits per heavy atom. The van der Waals surface area contributed by atoms with Crippen LogP contribution in [-0.2, 0) is 6.42 Å². The molecule has 204 valence electrons. The van der Waals surface area contributed by atoms with Crippen LogP contribution < -0.4 is 9.47 Å². The zero-order chi connectivity index (χ0) is 27.2. The molecule has 0 radical (unpaired) electrons. The van der Waals surface area contributed by atoms with Gasteiger partial charge in [0.15, 0.2) is 0 Å². The molecular formula is C34H46GeO3. The summed E-state index contributed by atoms with van der Waals surface area (Å²) < 4.78 is 11.5. The van der Waals surface area contributed by atoms with Crippen molar-refractivity contribution in [1.29, 1.82) is 0 Å². The van der Waals surface area contributed by atoms with Crippen molar-refractivity contribution in [2.75, 3.05) is 6.61 Å². The molecule has 0 saturated heterocycles. The molecule has 0 aliphatic rings. The van der Waals surface area contributed by atoms with E-state index in [1.54, 1.807) is 0 Å². The molecule has 0 aliphatic heterocycles. The smallest absolute Gasteiger partial charge is 0.0194 e. The Bertz CT molecular complexity index is 1080. The summed E-state index contributed by atoms with van der Waals surface area (Å²) in [5, 5.41) is 1.31. The fraction of sp³-hybridized carbons (Fsp3) is 0.441. The second-order valence-corrected chi connectivity index (χ2v) is 23.3. The van der Waals surface area contributed by atoms with E-state index in [0.717, 1.165) is 36.3 Å². The Hall–Kier alpha value is -2.53. The standard InChI is InChI=1S/C34H46GeO3/c1-5-6-7-8-9-10-11-12-27-37-32-23-19-30(20-24-32)29-15-17-31(18-16-29)34(36)38-33-21-13-28(14-22-33)25-26-35(2,3)4/h13-24H,5-12,25-27H2,1-4H3. The first-order valence-electron chi connectivity index (χ1n) is 14.5. The van der Waals surface area contributed by atoms with E-state index in [2.05, 4.69) is 48.5 Å². The second-order valence-electron chi connectivity index (χ2n) is 11.5. The number of carbonyl (C=O) groups is 1. The minimum atomic E-state index is -1.54. The molecule has 3 nitrogen and oxygen atoms in total. The van der Waals surface area contributed by atoms with Gasteiger partial charge in [-0.15, -0.1) is 0 Å². The molecule has 0 bridgehead atoms. The molecule has 0 fully saturated rings. The van der Waals surface area contributed by atoms with Crippen LogP contribution in [-0.4, -0.2) is 25.8 Å². The largest absolute Gasteiger partial charge is 0.0507 e. The maximum Gasteiger partial charge on any atom is -0.0194 e. The Kier molecular flexibility index (Phi) is 12.5. The third kappa shape index (κ3) is 11.1. The number of rotatable bonds is 16. The molecule has 0 heterocycles. The summed E-state index contributed by atoms with van der Waals surface area (Å²) in [5.74, 6) is 8.46. The minimum Gasteiger partial charge on any atom is -0.0507 e. The van der Waals surface area contributed by atoms with Crippen molar-refractivity contribution in [3.8, 4) is 22.6 Å². The fourth-order valence-electron chi connectivity index (χ4n) is 4.38. The molecule has 0 spiro atoms. The fourth-order valence-corrected chi connectivity index (χ4v) is 6.56. The van der Waals surface area contributed by atoms with Crippen molar-refractivity contribution in [3.05, 3.63) is 83.9 Å². The van der Waals surface area contributed by atoms with E-state index in [9.17, 15) is 4.79 Å². The molecule has 0 N–H and O–H groups in total. The average molecular weight is 575 g/mol. The van der Waals surface area contributed by atoms with E-state index in [0.29, 0.717) is 11.3 Å². The normalized spacial score (nSPS) is 11.4. The van der Waals surface area contributed by atoms with Crippen LogP contribution in [0.1, 0.15) is 74.2 Å². The van der Waals surface area contributed by atoms with E-state index in [1.165, 1.54) is 55.8 Å². The maximum absolute atomic E-state index is 12.6. The maximum atomic E-state index is 12.6. The zero-order valence-electron chi connectivity index (χ0n) is 23.9. The quantitative estimate of drug-likeness (QED) is 0.0738. The Morgan fingerprint density at radius 1 is 0.658 bits per heavy atom. The van der Waals surface area contributed by atoms with E-state index in [4.69, 9.17) is 9.47 Å². The number of ether oxygens (including phenoxy) is 2. The minimum absolute atomic E-state index is 0.335. The van der Waals surface area contributed by atoms with Crippen molar-refractivity contribution in [2.24, 2.45) is 0 Å². The van der Waals surface area contributed by atoms with Gasteiger partial charge in [-0.1, -0.05) is 64.0 Å². The van der Waals surface area contributed by atoms with Gasteiger partial charge in [0, 0.05) is 0 Å². The van der Waals surface area contributed by atoms with Crippen LogP contribution in [0.2, 0.25) is 22.5 Å². The number of hydrogen-bond donors (Lipinski definition) is 0. The molecule has 0 aliphatic carbocycles. The van der Waals surface area contributed by atoms with Crippen molar-refractivity contribution >= 4 is 19.2 Å². The molecular weight excluding hydrogens is 529 g/mol. The van der Waals surface area contributed by atoms with Crippen LogP contribution in [0.5, 0.6) is 11.5 Å². The third-order valence-corrected chi connectivity index (χ3v) is 10.5. The number of unbranched alkanes of at least 4 members (excludes halogenated alkanes) is 7. The van der Waals surface area contributed by atoms with Gasteiger partial charge in [-0.3, -0.25) is 0 Å². The predicted molar refractivity (Wildman–Crippen MR) is 163 cm³/mol. The van der Waals surface area contributed by atoms with Crippen molar-refractivity contribution in [1.82, 2.24) is 0 Å². The zero-order valence-corrected chi connectivity index (χ0v) is 26.0. The van der Waals surface area contributed by atoms with Crippen LogP contribution in [0.4, 0.5) is 0 Å². The van der Waals surface area contributed by atoms with E-state index >= 15 is 0 Å². The third-order valence-electron chi connectivity index (χ3n) is 6.87. The van der Waals surface area contributed by atoms with Gasteiger partial charge in [0.1, 0.15) is 5.75 Å². The molecule has 3 aromatic rings. The van der Waals surface area contributed by atoms with Crippen molar-refractivity contribution in [3.63, 3.8) is 0 Å². The van der Waals surface area contributed by atoms with Gasteiger partial charge in [0.2, 0.25) is 0 Å². The van der Waals surface area contributed by atoms with Crippen LogP contribution in [0.3, 0.4) is 0 Å². The summed E-state index contributed by atoms with van der Waals surface area (Å²) in [4.78, 5) is 12.6. The van der Waals surface area contributed by atoms with Gasteiger partial charge >= 0.3 is 129 Å². The van der Waals surface area contributed by atoms with Crippen molar-refractivity contribution < 1.29 is 14.3 Å². The van der Waals surface area contributed by atoms with Gasteiger partial charge < -0.3 is 4.74 Å². The van der Waals surface area contributed by atoms with Crippen LogP contribution in [0.15, 0.2) is 72.8 Å². The van der Waals surface area contributed by atoms with Gasteiger partial charge in [-0.2, -0.15) is 0 Å². The first kappa shape index (κ1) is 30.0. The van der Waals surface area contributed by atoms with Gasteiger partial charge in [-0.05, 0) is 24.1 Å². The number of esters is 1. The van der Waals surface area contributed by atoms with E-state index < -0.39 is 13.3 Å². The summed E-state index contributed by atoms with van der Waals surface area (Å²) in [6.45, 7) is 3.03. The summed E-state index contributed by atoms with van der Waals surface area (Å²) in [6.07, 6.45) is 11.5. The van der Waals surface area contributed by atoms with Crippen molar-refractivity contribution in [2.45, 2.75) is 87.2 Å². The molecule has 0 saturated carbocycles. The summed E-state index contributed by atoms with van der Waals surface area (Å²) in [5.41, 5.74) is 4.01. The molecule has 38 heavy (non-hydrogen) atoms. The number of carbonyl (C=O) groups excluding carboxylic acids is 1. The van der Waals surface area contributed by atoms with Crippen LogP contribution >= 0.6 is 0 Å². The van der Waals surface area contributed by atoms with Gasteiger partial charge in [-0.25, -0.2) is 0 Å².